The molecule has 1 atom stereocenters. The summed E-state index contributed by atoms with van der Waals surface area (Å²) in [5.74, 6) is 0.0398. The van der Waals surface area contributed by atoms with Gasteiger partial charge in [0.25, 0.3) is 0 Å². The Bertz CT molecular complexity index is 617. The summed E-state index contributed by atoms with van der Waals surface area (Å²) in [5, 5.41) is 14.7. The number of rotatable bonds is 17. The predicted molar refractivity (Wildman–Crippen MR) is 124 cm³/mol. The molecular formula is C24H42N3O4+. The summed E-state index contributed by atoms with van der Waals surface area (Å²) in [5.41, 5.74) is 0. The smallest absolute Gasteiger partial charge is 0.315 e. The zero-order chi connectivity index (χ0) is 23.0. The van der Waals surface area contributed by atoms with Gasteiger partial charge in [-0.3, -0.25) is 4.79 Å². The number of carbonyl (C=O) groups is 2. The van der Waals surface area contributed by atoms with Crippen LogP contribution in [0.4, 0.5) is 4.79 Å². The number of carboxylic acid groups (broad SMARTS) is 1. The Hall–Kier alpha value is -2.28. The molecule has 0 unspecified atom stereocenters. The van der Waals surface area contributed by atoms with E-state index in [1.807, 2.05) is 51.5 Å². The first kappa shape index (κ1) is 26.8. The van der Waals surface area contributed by atoms with Crippen molar-refractivity contribution in [2.45, 2.75) is 63.8 Å². The second-order valence-electron chi connectivity index (χ2n) is 9.16. The van der Waals surface area contributed by atoms with Crippen molar-refractivity contribution >= 4 is 12.0 Å². The van der Waals surface area contributed by atoms with E-state index >= 15 is 0 Å². The lowest BCUT2D eigenvalue weighted by Gasteiger charge is -2.29. The summed E-state index contributed by atoms with van der Waals surface area (Å²) in [6, 6.07) is 9.27. The quantitative estimate of drug-likeness (QED) is 0.254. The van der Waals surface area contributed by atoms with E-state index in [0.717, 1.165) is 31.6 Å². The van der Waals surface area contributed by atoms with E-state index in [1.165, 1.54) is 32.1 Å². The molecule has 7 nitrogen and oxygen atoms in total. The minimum absolute atomic E-state index is 0.0681. The summed E-state index contributed by atoms with van der Waals surface area (Å²) >= 11 is 0. The minimum atomic E-state index is -0.900. The van der Waals surface area contributed by atoms with Gasteiger partial charge >= 0.3 is 12.0 Å². The van der Waals surface area contributed by atoms with Crippen LogP contribution in [0.3, 0.4) is 0 Å². The van der Waals surface area contributed by atoms with Crippen molar-refractivity contribution in [3.8, 4) is 5.75 Å². The van der Waals surface area contributed by atoms with E-state index in [4.69, 9.17) is 9.84 Å². The molecule has 0 saturated carbocycles. The van der Waals surface area contributed by atoms with Crippen molar-refractivity contribution in [1.29, 1.82) is 0 Å². The fourth-order valence-corrected chi connectivity index (χ4v) is 3.47. The lowest BCUT2D eigenvalue weighted by molar-refractivity contribution is -0.871. The molecule has 0 radical (unpaired) electrons. The number of nitrogens with one attached hydrogen (secondary N) is 2. The zero-order valence-corrected chi connectivity index (χ0v) is 19.6. The summed E-state index contributed by atoms with van der Waals surface area (Å²) < 4.78 is 6.29. The SMILES string of the molecule is C[N+](C)(C)C[C@H](CC(=O)O)NC(=O)NCCCCCCCCCCOc1ccccc1. The molecule has 0 bridgehead atoms. The second kappa shape index (κ2) is 15.5. The Morgan fingerprint density at radius 3 is 2.10 bits per heavy atom. The molecule has 1 aromatic carbocycles. The number of para-hydroxylation sites is 1. The topological polar surface area (TPSA) is 87.7 Å². The molecular weight excluding hydrogens is 394 g/mol. The number of benzene rings is 1. The average molecular weight is 437 g/mol. The van der Waals surface area contributed by atoms with E-state index in [-0.39, 0.29) is 18.5 Å². The van der Waals surface area contributed by atoms with E-state index in [1.54, 1.807) is 0 Å². The van der Waals surface area contributed by atoms with E-state index < -0.39 is 5.97 Å². The number of hydrogen-bond donors (Lipinski definition) is 3. The van der Waals surface area contributed by atoms with Gasteiger partial charge in [0, 0.05) is 6.54 Å². The molecule has 31 heavy (non-hydrogen) atoms. The number of likely N-dealkylation sites (N-methyl/N-ethyl adjacent to an activating group) is 1. The number of carbonyl (C=O) groups excluding carboxylic acids is 1. The van der Waals surface area contributed by atoms with E-state index in [2.05, 4.69) is 10.6 Å². The molecule has 0 aliphatic heterocycles. The molecule has 0 aromatic heterocycles. The fraction of sp³-hybridized carbons (Fsp3) is 0.667. The van der Waals surface area contributed by atoms with E-state index in [0.29, 0.717) is 17.6 Å². The van der Waals surface area contributed by atoms with Crippen LogP contribution in [-0.2, 0) is 4.79 Å². The number of aliphatic carboxylic acids is 1. The Morgan fingerprint density at radius 2 is 1.52 bits per heavy atom. The normalized spacial score (nSPS) is 12.2. The highest BCUT2D eigenvalue weighted by atomic mass is 16.5. The maximum atomic E-state index is 12.0. The number of quaternary nitrogens is 1. The molecule has 0 aliphatic rings. The van der Waals surface area contributed by atoms with Gasteiger partial charge in [-0.2, -0.15) is 0 Å². The van der Waals surface area contributed by atoms with Crippen LogP contribution >= 0.6 is 0 Å². The van der Waals surface area contributed by atoms with Crippen LogP contribution in [0.2, 0.25) is 0 Å². The largest absolute Gasteiger partial charge is 0.494 e. The first-order valence-electron chi connectivity index (χ1n) is 11.5. The Labute approximate surface area is 187 Å². The van der Waals surface area contributed by atoms with Gasteiger partial charge in [-0.15, -0.1) is 0 Å². The molecule has 0 aliphatic carbocycles. The molecule has 7 heteroatoms. The first-order valence-corrected chi connectivity index (χ1v) is 11.5. The zero-order valence-electron chi connectivity index (χ0n) is 19.6. The Morgan fingerprint density at radius 1 is 0.935 bits per heavy atom. The minimum Gasteiger partial charge on any atom is -0.494 e. The summed E-state index contributed by atoms with van der Waals surface area (Å²) in [6.45, 7) is 1.96. The lowest BCUT2D eigenvalue weighted by Crippen LogP contribution is -2.52. The van der Waals surface area contributed by atoms with Crippen molar-refractivity contribution in [2.24, 2.45) is 0 Å². The molecule has 1 aromatic rings. The highest BCUT2D eigenvalue weighted by Gasteiger charge is 2.22. The third-order valence-corrected chi connectivity index (χ3v) is 4.89. The Balaban J connectivity index is 1.96. The fourth-order valence-electron chi connectivity index (χ4n) is 3.47. The highest BCUT2D eigenvalue weighted by molar-refractivity contribution is 5.75. The molecule has 2 amide bonds. The number of hydrogen-bond acceptors (Lipinski definition) is 3. The van der Waals surface area contributed by atoms with Gasteiger partial charge in [0.15, 0.2) is 0 Å². The standard InChI is InChI=1S/C24H41N3O4/c1-27(2,3)20-21(19-23(28)29)26-24(30)25-17-13-8-6-4-5-7-9-14-18-31-22-15-11-10-12-16-22/h10-12,15-16,21H,4-9,13-14,17-20H2,1-3H3,(H2-,25,26,28,29,30)/p+1/t21-/m0/s1. The van der Waals surface area contributed by atoms with Gasteiger partial charge < -0.3 is 25.0 Å². The highest BCUT2D eigenvalue weighted by Crippen LogP contribution is 2.11. The molecule has 176 valence electrons. The monoisotopic (exact) mass is 436 g/mol. The van der Waals surface area contributed by atoms with Gasteiger partial charge in [0.1, 0.15) is 5.75 Å². The van der Waals surface area contributed by atoms with Crippen molar-refractivity contribution in [2.75, 3.05) is 40.8 Å². The Kier molecular flexibility index (Phi) is 13.4. The summed E-state index contributed by atoms with van der Waals surface area (Å²) in [4.78, 5) is 23.0. The van der Waals surface area contributed by atoms with Crippen LogP contribution in [0.15, 0.2) is 30.3 Å². The maximum Gasteiger partial charge on any atom is 0.315 e. The molecule has 1 rings (SSSR count). The van der Waals surface area contributed by atoms with E-state index in [9.17, 15) is 9.59 Å². The van der Waals surface area contributed by atoms with Crippen molar-refractivity contribution < 1.29 is 23.9 Å². The average Bonchev–Trinajstić information content (AvgIpc) is 2.67. The molecule has 0 saturated heterocycles. The van der Waals surface area contributed by atoms with Crippen LogP contribution in [0.25, 0.3) is 0 Å². The van der Waals surface area contributed by atoms with Gasteiger partial charge in [-0.05, 0) is 25.0 Å². The lowest BCUT2D eigenvalue weighted by atomic mass is 10.1. The predicted octanol–water partition coefficient (Wildman–Crippen LogP) is 4.03. The van der Waals surface area contributed by atoms with Gasteiger partial charge in [-0.1, -0.05) is 56.7 Å². The number of ether oxygens (including phenoxy) is 1. The summed E-state index contributed by atoms with van der Waals surface area (Å²) in [6.07, 6.45) is 9.11. The van der Waals surface area contributed by atoms with Crippen LogP contribution < -0.4 is 15.4 Å². The molecule has 3 N–H and O–H groups in total. The number of amides is 2. The van der Waals surface area contributed by atoms with Crippen molar-refractivity contribution in [3.05, 3.63) is 30.3 Å². The number of nitrogens with zero attached hydrogens (tertiary/aromatic N) is 1. The summed E-state index contributed by atoms with van der Waals surface area (Å²) in [7, 11) is 5.94. The van der Waals surface area contributed by atoms with Gasteiger partial charge in [-0.25, -0.2) is 4.79 Å². The maximum absolute atomic E-state index is 12.0. The number of carboxylic acids is 1. The molecule has 0 heterocycles. The number of urea groups is 1. The third kappa shape index (κ3) is 16.1. The van der Waals surface area contributed by atoms with Crippen LogP contribution in [-0.4, -0.2) is 68.5 Å². The van der Waals surface area contributed by atoms with Crippen LogP contribution in [0, 0.1) is 0 Å². The second-order valence-corrected chi connectivity index (χ2v) is 9.16. The van der Waals surface area contributed by atoms with Crippen LogP contribution in [0.5, 0.6) is 5.75 Å². The van der Waals surface area contributed by atoms with Gasteiger partial charge in [0.2, 0.25) is 0 Å². The number of unbranched alkanes of at least 4 members (excludes halogenated alkanes) is 7. The van der Waals surface area contributed by atoms with Crippen molar-refractivity contribution in [3.63, 3.8) is 0 Å². The molecule has 0 fully saturated rings. The van der Waals surface area contributed by atoms with Crippen molar-refractivity contribution in [1.82, 2.24) is 10.6 Å². The van der Waals surface area contributed by atoms with Crippen LogP contribution in [0.1, 0.15) is 57.8 Å². The first-order chi connectivity index (χ1) is 14.8. The van der Waals surface area contributed by atoms with Gasteiger partial charge in [0.05, 0.1) is 46.8 Å². The third-order valence-electron chi connectivity index (χ3n) is 4.89. The molecule has 0 spiro atoms.